The van der Waals surface area contributed by atoms with Crippen molar-refractivity contribution in [3.8, 4) is 0 Å². The van der Waals surface area contributed by atoms with Gasteiger partial charge in [0, 0.05) is 44.7 Å². The molecule has 1 aliphatic heterocycles. The number of anilines is 2. The summed E-state index contributed by atoms with van der Waals surface area (Å²) in [4.78, 5) is 39.4. The third-order valence-corrected chi connectivity index (χ3v) is 5.76. The largest absolute Gasteiger partial charge is 0.444 e. The Balaban J connectivity index is 1.51. The number of halogens is 1. The number of ether oxygens (including phenoxy) is 1. The van der Waals surface area contributed by atoms with Gasteiger partial charge in [-0.25, -0.2) is 14.8 Å². The van der Waals surface area contributed by atoms with Crippen molar-refractivity contribution < 1.29 is 14.3 Å². The van der Waals surface area contributed by atoms with Gasteiger partial charge in [-0.2, -0.15) is 0 Å². The Bertz CT molecular complexity index is 1210. The van der Waals surface area contributed by atoms with Gasteiger partial charge in [0.15, 0.2) is 0 Å². The first-order valence-electron chi connectivity index (χ1n) is 11.2. The second-order valence-corrected chi connectivity index (χ2v) is 9.54. The molecule has 2 amide bonds. The quantitative estimate of drug-likeness (QED) is 0.508. The predicted octanol–water partition coefficient (Wildman–Crippen LogP) is 4.62. The van der Waals surface area contributed by atoms with Crippen LogP contribution in [-0.4, -0.2) is 65.7 Å². The van der Waals surface area contributed by atoms with Gasteiger partial charge in [0.1, 0.15) is 17.1 Å². The van der Waals surface area contributed by atoms with E-state index in [9.17, 15) is 9.59 Å². The molecule has 1 aliphatic rings. The lowest BCUT2D eigenvalue weighted by Crippen LogP contribution is -2.50. The number of carbonyl (C=O) groups is 2. The van der Waals surface area contributed by atoms with E-state index in [1.54, 1.807) is 22.9 Å². The monoisotopic (exact) mass is 481 g/mol. The third-order valence-electron chi connectivity index (χ3n) is 5.59. The van der Waals surface area contributed by atoms with Crippen molar-refractivity contribution in [3.63, 3.8) is 0 Å². The van der Waals surface area contributed by atoms with E-state index in [1.807, 2.05) is 68.1 Å². The molecule has 1 saturated heterocycles. The molecule has 3 aromatic rings. The van der Waals surface area contributed by atoms with Gasteiger partial charge in [-0.15, -0.1) is 0 Å². The summed E-state index contributed by atoms with van der Waals surface area (Å²) in [5, 5.41) is 2.02. The second-order valence-electron chi connectivity index (χ2n) is 9.20. The summed E-state index contributed by atoms with van der Waals surface area (Å²) in [6.07, 6.45) is -0.333. The normalized spacial score (nSPS) is 14.3. The van der Waals surface area contributed by atoms with Crippen LogP contribution in [0, 0.1) is 0 Å². The highest BCUT2D eigenvalue weighted by Crippen LogP contribution is 2.27. The minimum atomic E-state index is -0.542. The van der Waals surface area contributed by atoms with Crippen LogP contribution in [0.25, 0.3) is 10.8 Å². The zero-order valence-electron chi connectivity index (χ0n) is 19.8. The van der Waals surface area contributed by atoms with E-state index in [0.717, 1.165) is 16.5 Å². The number of hydrogen-bond acceptors (Lipinski definition) is 6. The van der Waals surface area contributed by atoms with Crippen LogP contribution in [0.2, 0.25) is 5.28 Å². The number of rotatable bonds is 3. The van der Waals surface area contributed by atoms with E-state index in [0.29, 0.717) is 32.0 Å². The fourth-order valence-electron chi connectivity index (χ4n) is 3.90. The average Bonchev–Trinajstić information content (AvgIpc) is 2.81. The number of carbonyl (C=O) groups excluding carboxylic acids is 2. The molecule has 0 N–H and O–H groups in total. The molecule has 34 heavy (non-hydrogen) atoms. The number of fused-ring (bicyclic) bond motifs is 1. The van der Waals surface area contributed by atoms with E-state index in [-0.39, 0.29) is 23.0 Å². The maximum absolute atomic E-state index is 13.3. The molecule has 4 rings (SSSR count). The van der Waals surface area contributed by atoms with Gasteiger partial charge in [-0.1, -0.05) is 36.4 Å². The third kappa shape index (κ3) is 5.22. The van der Waals surface area contributed by atoms with Gasteiger partial charge >= 0.3 is 6.09 Å². The summed E-state index contributed by atoms with van der Waals surface area (Å²) in [6, 6.07) is 15.4. The molecular weight excluding hydrogens is 454 g/mol. The summed E-state index contributed by atoms with van der Waals surface area (Å²) in [6.45, 7) is 7.58. The van der Waals surface area contributed by atoms with Crippen LogP contribution in [0.5, 0.6) is 0 Å². The number of nitrogens with zero attached hydrogens (tertiary/aromatic N) is 5. The number of hydrogen-bond donors (Lipinski definition) is 0. The molecule has 1 fully saturated rings. The Morgan fingerprint density at radius 1 is 1.00 bits per heavy atom. The molecule has 0 spiro atoms. The first kappa shape index (κ1) is 23.8. The molecule has 0 atom stereocenters. The number of aromatic nitrogens is 2. The Morgan fingerprint density at radius 2 is 1.68 bits per heavy atom. The van der Waals surface area contributed by atoms with Gasteiger partial charge in [0.2, 0.25) is 5.28 Å². The maximum Gasteiger partial charge on any atom is 0.410 e. The first-order chi connectivity index (χ1) is 16.1. The Labute approximate surface area is 204 Å². The molecule has 178 valence electrons. The van der Waals surface area contributed by atoms with Crippen LogP contribution in [0.15, 0.2) is 48.5 Å². The van der Waals surface area contributed by atoms with E-state index >= 15 is 0 Å². The average molecular weight is 482 g/mol. The molecule has 0 bridgehead atoms. The first-order valence-corrected chi connectivity index (χ1v) is 11.5. The smallest absolute Gasteiger partial charge is 0.410 e. The lowest BCUT2D eigenvalue weighted by molar-refractivity contribution is 0.0240. The van der Waals surface area contributed by atoms with E-state index in [4.69, 9.17) is 16.3 Å². The van der Waals surface area contributed by atoms with Gasteiger partial charge in [-0.3, -0.25) is 4.79 Å². The molecule has 0 saturated carbocycles. The standard InChI is InChI=1S/C25H28ClN5O3/c1-25(2,3)34-24(33)31-14-12-30(13-15-31)21-16-19(27-23(26)28-21)22(32)29(4)20-11-7-9-17-8-5-6-10-18(17)20/h5-11,16H,12-15H2,1-4H3. The van der Waals surface area contributed by atoms with Crippen LogP contribution >= 0.6 is 11.6 Å². The van der Waals surface area contributed by atoms with Crippen molar-refractivity contribution in [3.05, 3.63) is 59.5 Å². The highest BCUT2D eigenvalue weighted by Gasteiger charge is 2.27. The topological polar surface area (TPSA) is 78.9 Å². The summed E-state index contributed by atoms with van der Waals surface area (Å²) >= 11 is 6.21. The van der Waals surface area contributed by atoms with Crippen molar-refractivity contribution in [2.24, 2.45) is 0 Å². The van der Waals surface area contributed by atoms with Crippen molar-refractivity contribution in [1.82, 2.24) is 14.9 Å². The van der Waals surface area contributed by atoms with Crippen molar-refractivity contribution in [2.75, 3.05) is 43.0 Å². The lowest BCUT2D eigenvalue weighted by atomic mass is 10.1. The molecule has 9 heteroatoms. The molecule has 1 aromatic heterocycles. The van der Waals surface area contributed by atoms with Crippen LogP contribution in [0.4, 0.5) is 16.3 Å². The van der Waals surface area contributed by atoms with E-state index < -0.39 is 5.60 Å². The SMILES string of the molecule is CN(C(=O)c1cc(N2CCN(C(=O)OC(C)(C)C)CC2)nc(Cl)n1)c1cccc2ccccc12. The van der Waals surface area contributed by atoms with Gasteiger partial charge < -0.3 is 19.4 Å². The zero-order chi connectivity index (χ0) is 24.5. The summed E-state index contributed by atoms with van der Waals surface area (Å²) in [5.41, 5.74) is 0.449. The minimum absolute atomic E-state index is 0.00161. The van der Waals surface area contributed by atoms with E-state index in [1.165, 1.54) is 0 Å². The van der Waals surface area contributed by atoms with Crippen LogP contribution in [0.1, 0.15) is 31.3 Å². The molecule has 0 unspecified atom stereocenters. The zero-order valence-corrected chi connectivity index (χ0v) is 20.5. The van der Waals surface area contributed by atoms with E-state index in [2.05, 4.69) is 9.97 Å². The maximum atomic E-state index is 13.3. The summed E-state index contributed by atoms with van der Waals surface area (Å²) in [5.74, 6) is 0.271. The fourth-order valence-corrected chi connectivity index (χ4v) is 4.08. The summed E-state index contributed by atoms with van der Waals surface area (Å²) in [7, 11) is 1.72. The van der Waals surface area contributed by atoms with Gasteiger partial charge in [-0.05, 0) is 43.8 Å². The lowest BCUT2D eigenvalue weighted by Gasteiger charge is -2.36. The fraction of sp³-hybridized carbons (Fsp3) is 0.360. The number of amides is 2. The van der Waals surface area contributed by atoms with Crippen molar-refractivity contribution in [1.29, 1.82) is 0 Å². The van der Waals surface area contributed by atoms with Crippen molar-refractivity contribution >= 4 is 45.9 Å². The Hall–Kier alpha value is -3.39. The predicted molar refractivity (Wildman–Crippen MR) is 134 cm³/mol. The minimum Gasteiger partial charge on any atom is -0.444 e. The second kappa shape index (κ2) is 9.46. The molecule has 0 radical (unpaired) electrons. The highest BCUT2D eigenvalue weighted by atomic mass is 35.5. The molecular formula is C25H28ClN5O3. The Kier molecular flexibility index (Phi) is 6.61. The van der Waals surface area contributed by atoms with Gasteiger partial charge in [0.05, 0.1) is 5.69 Å². The molecule has 2 heterocycles. The molecule has 0 aliphatic carbocycles. The van der Waals surface area contributed by atoms with Gasteiger partial charge in [0.25, 0.3) is 5.91 Å². The number of benzene rings is 2. The Morgan fingerprint density at radius 3 is 2.38 bits per heavy atom. The summed E-state index contributed by atoms with van der Waals surface area (Å²) < 4.78 is 5.46. The van der Waals surface area contributed by atoms with Crippen molar-refractivity contribution in [2.45, 2.75) is 26.4 Å². The number of piperazine rings is 1. The van der Waals surface area contributed by atoms with Crippen LogP contribution in [-0.2, 0) is 4.74 Å². The highest BCUT2D eigenvalue weighted by molar-refractivity contribution is 6.28. The molecule has 2 aromatic carbocycles. The molecule has 8 nitrogen and oxygen atoms in total. The van der Waals surface area contributed by atoms with Crippen LogP contribution < -0.4 is 9.80 Å². The van der Waals surface area contributed by atoms with Crippen LogP contribution in [0.3, 0.4) is 0 Å².